The summed E-state index contributed by atoms with van der Waals surface area (Å²) < 4.78 is 16.4. The zero-order valence-electron chi connectivity index (χ0n) is 20.9. The second-order valence-electron chi connectivity index (χ2n) is 10.4. The molecule has 6 nitrogen and oxygen atoms in total. The Morgan fingerprint density at radius 2 is 1.19 bits per heavy atom. The topological polar surface area (TPSA) is 82.1 Å². The van der Waals surface area contributed by atoms with E-state index in [1.54, 1.807) is 0 Å². The van der Waals surface area contributed by atoms with Gasteiger partial charge in [0, 0.05) is 6.10 Å². The van der Waals surface area contributed by atoms with Crippen molar-refractivity contribution in [3.05, 3.63) is 0 Å². The summed E-state index contributed by atoms with van der Waals surface area (Å²) in [5.74, 6) is 0.0187. The molecule has 2 rings (SSSR count). The van der Waals surface area contributed by atoms with Crippen molar-refractivity contribution in [1.29, 1.82) is 0 Å². The molecule has 0 radical (unpaired) electrons. The molecule has 0 aromatic rings. The maximum atomic E-state index is 11.7. The molecule has 0 amide bonds. The molecule has 0 atom stereocenters. The second-order valence-corrected chi connectivity index (χ2v) is 15.1. The molecule has 0 spiro atoms. The first-order valence-corrected chi connectivity index (χ1v) is 15.0. The van der Waals surface area contributed by atoms with Crippen LogP contribution < -0.4 is 0 Å². The third-order valence-electron chi connectivity index (χ3n) is 6.88. The minimum Gasteiger partial charge on any atom is -0.466 e. The van der Waals surface area contributed by atoms with Crippen LogP contribution in [0.15, 0.2) is 0 Å². The predicted molar refractivity (Wildman–Crippen MR) is 125 cm³/mol. The molecule has 2 aliphatic carbocycles. The van der Waals surface area contributed by atoms with E-state index in [4.69, 9.17) is 13.9 Å². The highest BCUT2D eigenvalue weighted by atomic mass is 28.4. The Labute approximate surface area is 190 Å². The number of carbonyl (C=O) groups excluding carboxylic acids is 2. The number of aliphatic hydroxyl groups excluding tert-OH is 1. The van der Waals surface area contributed by atoms with Crippen molar-refractivity contribution < 1.29 is 28.6 Å². The van der Waals surface area contributed by atoms with E-state index in [0.717, 1.165) is 51.4 Å². The molecule has 2 fully saturated rings. The Kier molecular flexibility index (Phi) is 11.7. The van der Waals surface area contributed by atoms with Crippen LogP contribution in [0.5, 0.6) is 0 Å². The van der Waals surface area contributed by atoms with Gasteiger partial charge in [0.2, 0.25) is 0 Å². The summed E-state index contributed by atoms with van der Waals surface area (Å²) in [6.07, 6.45) is 7.00. The summed E-state index contributed by atoms with van der Waals surface area (Å²) in [4.78, 5) is 22.9. The van der Waals surface area contributed by atoms with Crippen LogP contribution in [0.1, 0.15) is 86.0 Å². The lowest BCUT2D eigenvalue weighted by molar-refractivity contribution is -0.150. The predicted octanol–water partition coefficient (Wildman–Crippen LogP) is 5.23. The largest absolute Gasteiger partial charge is 0.466 e. The van der Waals surface area contributed by atoms with Crippen molar-refractivity contribution in [2.24, 2.45) is 11.8 Å². The summed E-state index contributed by atoms with van der Waals surface area (Å²) in [7, 11) is -1.67. The zero-order chi connectivity index (χ0) is 23.7. The van der Waals surface area contributed by atoms with Crippen molar-refractivity contribution in [1.82, 2.24) is 0 Å². The molecule has 0 bridgehead atoms. The van der Waals surface area contributed by atoms with Gasteiger partial charge in [-0.1, -0.05) is 20.8 Å². The average Bonchev–Trinajstić information content (AvgIpc) is 2.69. The summed E-state index contributed by atoms with van der Waals surface area (Å²) in [5.41, 5.74) is 0. The molecule has 0 aromatic carbocycles. The summed E-state index contributed by atoms with van der Waals surface area (Å²) in [5, 5.41) is 9.44. The number of aliphatic hydroxyl groups is 1. The van der Waals surface area contributed by atoms with E-state index in [0.29, 0.717) is 19.3 Å². The van der Waals surface area contributed by atoms with Gasteiger partial charge >= 0.3 is 11.9 Å². The molecular weight excluding hydrogens is 412 g/mol. The highest BCUT2D eigenvalue weighted by molar-refractivity contribution is 6.74. The van der Waals surface area contributed by atoms with Gasteiger partial charge in [-0.05, 0) is 83.3 Å². The summed E-state index contributed by atoms with van der Waals surface area (Å²) >= 11 is 0. The van der Waals surface area contributed by atoms with Crippen molar-refractivity contribution in [2.45, 2.75) is 116 Å². The van der Waals surface area contributed by atoms with Crippen LogP contribution >= 0.6 is 0 Å². The van der Waals surface area contributed by atoms with Gasteiger partial charge in [-0.15, -0.1) is 0 Å². The van der Waals surface area contributed by atoms with Gasteiger partial charge in [-0.25, -0.2) is 0 Å². The van der Waals surface area contributed by atoms with Crippen LogP contribution in [0.2, 0.25) is 18.1 Å². The van der Waals surface area contributed by atoms with Gasteiger partial charge in [-0.2, -0.15) is 0 Å². The highest BCUT2D eigenvalue weighted by Gasteiger charge is 2.40. The molecule has 2 aliphatic rings. The van der Waals surface area contributed by atoms with E-state index in [-0.39, 0.29) is 34.9 Å². The van der Waals surface area contributed by atoms with Gasteiger partial charge in [-0.3, -0.25) is 9.59 Å². The quantitative estimate of drug-likeness (QED) is 0.433. The Morgan fingerprint density at radius 3 is 1.55 bits per heavy atom. The summed E-state index contributed by atoms with van der Waals surface area (Å²) in [6, 6.07) is 0. The van der Waals surface area contributed by atoms with E-state index in [9.17, 15) is 14.7 Å². The lowest BCUT2D eigenvalue weighted by atomic mass is 9.87. The minimum atomic E-state index is -1.67. The Balaban J connectivity index is 0.000000343. The second kappa shape index (κ2) is 12.9. The van der Waals surface area contributed by atoms with Crippen LogP contribution in [0.3, 0.4) is 0 Å². The van der Waals surface area contributed by atoms with Crippen LogP contribution in [0, 0.1) is 11.8 Å². The summed E-state index contributed by atoms with van der Waals surface area (Å²) in [6.45, 7) is 16.0. The van der Waals surface area contributed by atoms with Crippen molar-refractivity contribution in [3.8, 4) is 0 Å². The number of carbonyl (C=O) groups is 2. The van der Waals surface area contributed by atoms with Crippen molar-refractivity contribution in [2.75, 3.05) is 13.2 Å². The Morgan fingerprint density at radius 1 is 0.806 bits per heavy atom. The fourth-order valence-electron chi connectivity index (χ4n) is 3.84. The Hall–Kier alpha value is -0.923. The van der Waals surface area contributed by atoms with Gasteiger partial charge < -0.3 is 19.0 Å². The van der Waals surface area contributed by atoms with Gasteiger partial charge in [0.15, 0.2) is 8.32 Å². The first-order chi connectivity index (χ1) is 14.4. The monoisotopic (exact) mass is 458 g/mol. The average molecular weight is 459 g/mol. The lowest BCUT2D eigenvalue weighted by Gasteiger charge is -2.41. The smallest absolute Gasteiger partial charge is 0.308 e. The first kappa shape index (κ1) is 28.1. The molecule has 0 heterocycles. The maximum absolute atomic E-state index is 11.7. The molecule has 2 saturated carbocycles. The molecule has 0 unspecified atom stereocenters. The van der Waals surface area contributed by atoms with E-state index in [2.05, 4.69) is 33.9 Å². The van der Waals surface area contributed by atoms with E-state index in [1.807, 2.05) is 13.8 Å². The number of esters is 2. The molecule has 0 aromatic heterocycles. The van der Waals surface area contributed by atoms with Crippen LogP contribution in [0.25, 0.3) is 0 Å². The molecule has 0 saturated heterocycles. The van der Waals surface area contributed by atoms with E-state index < -0.39 is 8.32 Å². The molecule has 31 heavy (non-hydrogen) atoms. The number of hydrogen-bond acceptors (Lipinski definition) is 6. The fourth-order valence-corrected chi connectivity index (χ4v) is 5.26. The third-order valence-corrected chi connectivity index (χ3v) is 11.4. The van der Waals surface area contributed by atoms with Crippen LogP contribution in [-0.4, -0.2) is 50.8 Å². The molecule has 0 aliphatic heterocycles. The van der Waals surface area contributed by atoms with Crippen LogP contribution in [-0.2, 0) is 23.5 Å². The van der Waals surface area contributed by atoms with E-state index in [1.165, 1.54) is 0 Å². The number of ether oxygens (including phenoxy) is 2. The highest BCUT2D eigenvalue weighted by Crippen LogP contribution is 2.39. The van der Waals surface area contributed by atoms with Gasteiger partial charge in [0.1, 0.15) is 0 Å². The Bertz CT molecular complexity index is 541. The van der Waals surface area contributed by atoms with Crippen LogP contribution in [0.4, 0.5) is 0 Å². The molecule has 182 valence electrons. The van der Waals surface area contributed by atoms with Crippen molar-refractivity contribution >= 4 is 20.3 Å². The first-order valence-electron chi connectivity index (χ1n) is 12.1. The maximum Gasteiger partial charge on any atom is 0.308 e. The van der Waals surface area contributed by atoms with Gasteiger partial charge in [0.05, 0.1) is 31.2 Å². The molecule has 1 N–H and O–H groups in total. The zero-order valence-corrected chi connectivity index (χ0v) is 21.9. The van der Waals surface area contributed by atoms with E-state index >= 15 is 0 Å². The third kappa shape index (κ3) is 9.62. The van der Waals surface area contributed by atoms with Crippen molar-refractivity contribution in [3.63, 3.8) is 0 Å². The SMILES string of the molecule is CCOC(=O)C1CCC(O)CC1.CCOC(=O)C1CCC(O[Si](C)(C)C(C)(C)C)CC1. The number of hydrogen-bond donors (Lipinski definition) is 1. The van der Waals surface area contributed by atoms with Gasteiger partial charge in [0.25, 0.3) is 0 Å². The lowest BCUT2D eigenvalue weighted by Crippen LogP contribution is -2.45. The molecule has 7 heteroatoms. The number of rotatable bonds is 6. The standard InChI is InChI=1S/C15H30O3Si.C9H16O3/c1-7-17-14(16)12-8-10-13(11-9-12)18-19(5,6)15(2,3)4;1-2-12-9(11)7-3-5-8(10)6-4-7/h12-13H,7-11H2,1-6H3;7-8,10H,2-6H2,1H3. The minimum absolute atomic E-state index is 0.0201. The fraction of sp³-hybridized carbons (Fsp3) is 0.917. The normalized spacial score (nSPS) is 27.0. The molecular formula is C24H46O6Si.